The van der Waals surface area contributed by atoms with Crippen molar-refractivity contribution in [2.45, 2.75) is 0 Å². The fourth-order valence-corrected chi connectivity index (χ4v) is 8.06. The number of hydrogen-bond donors (Lipinski definition) is 2. The van der Waals surface area contributed by atoms with E-state index in [1.165, 1.54) is 0 Å². The third kappa shape index (κ3) is 2.04. The molecule has 0 aromatic heterocycles. The molecule has 0 bridgehead atoms. The zero-order valence-corrected chi connectivity index (χ0v) is 14.2. The number of benzene rings is 3. The predicted octanol–water partition coefficient (Wildman–Crippen LogP) is 3.87. The summed E-state index contributed by atoms with van der Waals surface area (Å²) in [7, 11) is 0. The SMILES string of the molecule is O=C(O)P(C(=O)O)(c1ccccc1)(c1ccccc1)c1ccccc1. The molecule has 0 aliphatic rings. The van der Waals surface area contributed by atoms with Crippen LogP contribution in [0.4, 0.5) is 9.59 Å². The van der Waals surface area contributed by atoms with Crippen molar-refractivity contribution >= 4 is 33.9 Å². The van der Waals surface area contributed by atoms with Gasteiger partial charge in [0.25, 0.3) is 0 Å². The summed E-state index contributed by atoms with van der Waals surface area (Å²) in [6.07, 6.45) is 0. The summed E-state index contributed by atoms with van der Waals surface area (Å²) in [5, 5.41) is 21.9. The van der Waals surface area contributed by atoms with E-state index in [-0.39, 0.29) is 0 Å². The number of carboxylic acid groups (broad SMARTS) is 2. The van der Waals surface area contributed by atoms with Crippen LogP contribution in [0.2, 0.25) is 0 Å². The van der Waals surface area contributed by atoms with Crippen molar-refractivity contribution in [3.05, 3.63) is 91.0 Å². The Balaban J connectivity index is 2.64. The van der Waals surface area contributed by atoms with Crippen molar-refractivity contribution in [2.75, 3.05) is 0 Å². The predicted molar refractivity (Wildman–Crippen MR) is 101 cm³/mol. The molecule has 0 heterocycles. The van der Waals surface area contributed by atoms with Crippen LogP contribution in [-0.4, -0.2) is 21.6 Å². The molecule has 0 unspecified atom stereocenters. The van der Waals surface area contributed by atoms with Gasteiger partial charge < -0.3 is 0 Å². The Bertz CT molecular complexity index is 791. The zero-order chi connectivity index (χ0) is 17.9. The molecule has 0 atom stereocenters. The maximum atomic E-state index is 12.9. The molecule has 0 radical (unpaired) electrons. The van der Waals surface area contributed by atoms with Crippen molar-refractivity contribution in [3.63, 3.8) is 0 Å². The molecule has 0 saturated carbocycles. The van der Waals surface area contributed by atoms with Crippen molar-refractivity contribution in [3.8, 4) is 0 Å². The number of carbonyl (C=O) groups is 2. The topological polar surface area (TPSA) is 74.6 Å². The van der Waals surface area contributed by atoms with E-state index < -0.39 is 18.0 Å². The second kappa shape index (κ2) is 6.15. The van der Waals surface area contributed by atoms with E-state index in [1.54, 1.807) is 91.0 Å². The average molecular weight is 352 g/mol. The van der Waals surface area contributed by atoms with Gasteiger partial charge in [0.1, 0.15) is 0 Å². The van der Waals surface area contributed by atoms with E-state index in [9.17, 15) is 19.8 Å². The molecule has 5 heteroatoms. The van der Waals surface area contributed by atoms with Gasteiger partial charge in [-0.25, -0.2) is 0 Å². The van der Waals surface area contributed by atoms with E-state index in [0.717, 1.165) is 0 Å². The van der Waals surface area contributed by atoms with Crippen LogP contribution in [0.1, 0.15) is 0 Å². The summed E-state index contributed by atoms with van der Waals surface area (Å²) in [5.74, 6) is 0. The standard InChI is InChI=1S/C20H17O4P/c21-19(22)25(20(23)24,16-10-4-1-5-11-16,17-12-6-2-7-13-17)18-14-8-3-9-15-18/h1-15H,(H,21,22)(H,23,24). The molecule has 25 heavy (non-hydrogen) atoms. The molecule has 0 fully saturated rings. The van der Waals surface area contributed by atoms with Gasteiger partial charge in [0.2, 0.25) is 0 Å². The van der Waals surface area contributed by atoms with Crippen LogP contribution in [0, 0.1) is 0 Å². The van der Waals surface area contributed by atoms with Gasteiger partial charge in [0.15, 0.2) is 0 Å². The number of hydrogen-bond acceptors (Lipinski definition) is 2. The molecule has 0 saturated heterocycles. The summed E-state index contributed by atoms with van der Waals surface area (Å²) >= 11 is 0. The van der Waals surface area contributed by atoms with Crippen molar-refractivity contribution < 1.29 is 19.8 Å². The first-order valence-corrected chi connectivity index (χ1v) is 9.94. The van der Waals surface area contributed by atoms with E-state index >= 15 is 0 Å². The summed E-state index contributed by atoms with van der Waals surface area (Å²) in [6.45, 7) is -4.81. The third-order valence-corrected chi connectivity index (χ3v) is 10.1. The Hall–Kier alpha value is -2.97. The van der Waals surface area contributed by atoms with Crippen molar-refractivity contribution in [2.24, 2.45) is 0 Å². The van der Waals surface area contributed by atoms with Gasteiger partial charge in [-0.2, -0.15) is 0 Å². The fraction of sp³-hybridized carbons (Fsp3) is 0. The summed E-state index contributed by atoms with van der Waals surface area (Å²) in [5.41, 5.74) is -2.66. The molecule has 2 N–H and O–H groups in total. The molecule has 3 aromatic rings. The molecule has 3 aromatic carbocycles. The van der Waals surface area contributed by atoms with Gasteiger partial charge in [0, 0.05) is 0 Å². The van der Waals surface area contributed by atoms with Crippen LogP contribution in [-0.2, 0) is 0 Å². The van der Waals surface area contributed by atoms with Gasteiger partial charge >= 0.3 is 145 Å². The second-order valence-corrected chi connectivity index (χ2v) is 10.2. The van der Waals surface area contributed by atoms with Crippen LogP contribution in [0.15, 0.2) is 91.0 Å². The second-order valence-electron chi connectivity index (χ2n) is 5.69. The summed E-state index contributed by atoms with van der Waals surface area (Å²) < 4.78 is 0. The Morgan fingerprint density at radius 1 is 0.520 bits per heavy atom. The van der Waals surface area contributed by atoms with E-state index in [2.05, 4.69) is 0 Å². The molecule has 3 rings (SSSR count). The van der Waals surface area contributed by atoms with Gasteiger partial charge in [-0.05, 0) is 0 Å². The Labute approximate surface area is 145 Å². The minimum absolute atomic E-state index is 0.297. The monoisotopic (exact) mass is 352 g/mol. The number of rotatable bonds is 5. The first kappa shape index (κ1) is 16.9. The Morgan fingerprint density at radius 3 is 0.960 bits per heavy atom. The maximum absolute atomic E-state index is 12.9. The molecule has 0 aliphatic carbocycles. The molecule has 0 spiro atoms. The minimum atomic E-state index is -4.81. The molecule has 4 nitrogen and oxygen atoms in total. The Kier molecular flexibility index (Phi) is 4.15. The van der Waals surface area contributed by atoms with Gasteiger partial charge in [0.05, 0.1) is 0 Å². The first-order chi connectivity index (χ1) is 12.0. The van der Waals surface area contributed by atoms with Crippen LogP contribution in [0.3, 0.4) is 0 Å². The quantitative estimate of drug-likeness (QED) is 0.684. The van der Waals surface area contributed by atoms with Gasteiger partial charge in [-0.1, -0.05) is 0 Å². The van der Waals surface area contributed by atoms with Crippen LogP contribution >= 0.6 is 6.60 Å². The fourth-order valence-electron chi connectivity index (χ4n) is 3.37. The average Bonchev–Trinajstić information content (AvgIpc) is 2.65. The van der Waals surface area contributed by atoms with Crippen LogP contribution in [0.5, 0.6) is 0 Å². The molecular formula is C20H17O4P. The Morgan fingerprint density at radius 2 is 0.760 bits per heavy atom. The van der Waals surface area contributed by atoms with Crippen LogP contribution < -0.4 is 15.9 Å². The normalized spacial score (nSPS) is 12.7. The molecular weight excluding hydrogens is 335 g/mol. The molecule has 0 amide bonds. The third-order valence-electron chi connectivity index (χ3n) is 4.58. The summed E-state index contributed by atoms with van der Waals surface area (Å²) in [4.78, 5) is 25.7. The van der Waals surface area contributed by atoms with Crippen molar-refractivity contribution in [1.29, 1.82) is 0 Å². The first-order valence-electron chi connectivity index (χ1n) is 7.71. The molecule has 126 valence electrons. The van der Waals surface area contributed by atoms with E-state index in [4.69, 9.17) is 0 Å². The van der Waals surface area contributed by atoms with Crippen molar-refractivity contribution in [1.82, 2.24) is 0 Å². The van der Waals surface area contributed by atoms with E-state index in [0.29, 0.717) is 15.9 Å². The summed E-state index contributed by atoms with van der Waals surface area (Å²) in [6, 6.07) is 24.9. The van der Waals surface area contributed by atoms with Gasteiger partial charge in [-0.15, -0.1) is 0 Å². The van der Waals surface area contributed by atoms with Gasteiger partial charge in [-0.3, -0.25) is 0 Å². The van der Waals surface area contributed by atoms with E-state index in [1.807, 2.05) is 0 Å². The zero-order valence-electron chi connectivity index (χ0n) is 13.3. The van der Waals surface area contributed by atoms with Crippen LogP contribution in [0.25, 0.3) is 0 Å². The molecule has 0 aliphatic heterocycles.